The summed E-state index contributed by atoms with van der Waals surface area (Å²) < 4.78 is 7.55. The number of esters is 1. The highest BCUT2D eigenvalue weighted by Gasteiger charge is 2.29. The molecule has 1 aromatic carbocycles. The lowest BCUT2D eigenvalue weighted by molar-refractivity contribution is 0.0340. The van der Waals surface area contributed by atoms with E-state index in [-0.39, 0.29) is 12.1 Å². The van der Waals surface area contributed by atoms with Crippen molar-refractivity contribution in [3.63, 3.8) is 0 Å². The molecular formula is C21H23N3O2. The van der Waals surface area contributed by atoms with E-state index in [2.05, 4.69) is 5.10 Å². The van der Waals surface area contributed by atoms with E-state index < -0.39 is 0 Å². The third-order valence-electron chi connectivity index (χ3n) is 5.00. The van der Waals surface area contributed by atoms with E-state index in [0.717, 1.165) is 46.4 Å². The normalized spacial score (nSPS) is 15.2. The SMILES string of the molecule is Cc1cccc(C(C)OC(=O)c2cc(C3CC3)nc3c2c(C)nn3C)c1. The number of nitrogens with zero attached hydrogens (tertiary/aromatic N) is 3. The number of aryl methyl sites for hydroxylation is 3. The highest BCUT2D eigenvalue weighted by Crippen LogP contribution is 2.40. The largest absolute Gasteiger partial charge is 0.454 e. The summed E-state index contributed by atoms with van der Waals surface area (Å²) in [6, 6.07) is 9.95. The second kappa shape index (κ2) is 6.24. The van der Waals surface area contributed by atoms with Crippen LogP contribution < -0.4 is 0 Å². The summed E-state index contributed by atoms with van der Waals surface area (Å²) in [5, 5.41) is 5.24. The first kappa shape index (κ1) is 16.8. The van der Waals surface area contributed by atoms with Crippen LogP contribution in [0.4, 0.5) is 0 Å². The molecular weight excluding hydrogens is 326 g/mol. The minimum atomic E-state index is -0.315. The van der Waals surface area contributed by atoms with E-state index in [0.29, 0.717) is 11.5 Å². The maximum atomic E-state index is 13.0. The minimum absolute atomic E-state index is 0.313. The number of hydrogen-bond acceptors (Lipinski definition) is 4. The van der Waals surface area contributed by atoms with Gasteiger partial charge in [-0.2, -0.15) is 5.10 Å². The van der Waals surface area contributed by atoms with Crippen molar-refractivity contribution in [3.05, 3.63) is 58.4 Å². The van der Waals surface area contributed by atoms with Gasteiger partial charge in [0, 0.05) is 18.7 Å². The van der Waals surface area contributed by atoms with E-state index in [1.165, 1.54) is 0 Å². The number of ether oxygens (including phenoxy) is 1. The van der Waals surface area contributed by atoms with Gasteiger partial charge in [0.15, 0.2) is 5.65 Å². The molecule has 1 atom stereocenters. The van der Waals surface area contributed by atoms with Crippen LogP contribution in [0.5, 0.6) is 0 Å². The number of carbonyl (C=O) groups excluding carboxylic acids is 1. The molecule has 134 valence electrons. The summed E-state index contributed by atoms with van der Waals surface area (Å²) in [5.41, 5.74) is 5.23. The van der Waals surface area contributed by atoms with Crippen LogP contribution >= 0.6 is 0 Å². The maximum Gasteiger partial charge on any atom is 0.339 e. The van der Waals surface area contributed by atoms with E-state index >= 15 is 0 Å². The molecule has 2 heterocycles. The second-order valence-electron chi connectivity index (χ2n) is 7.24. The molecule has 0 aliphatic heterocycles. The predicted octanol–water partition coefficient (Wildman–Crippen LogP) is 4.38. The zero-order valence-electron chi connectivity index (χ0n) is 15.6. The lowest BCUT2D eigenvalue weighted by Gasteiger charge is -2.15. The molecule has 0 saturated heterocycles. The molecule has 1 aliphatic rings. The Morgan fingerprint density at radius 3 is 2.73 bits per heavy atom. The maximum absolute atomic E-state index is 13.0. The Balaban J connectivity index is 1.72. The van der Waals surface area contributed by atoms with Gasteiger partial charge in [0.05, 0.1) is 16.6 Å². The van der Waals surface area contributed by atoms with Crippen molar-refractivity contribution in [2.45, 2.75) is 45.6 Å². The van der Waals surface area contributed by atoms with E-state index in [1.54, 1.807) is 4.68 Å². The monoisotopic (exact) mass is 349 g/mol. The van der Waals surface area contributed by atoms with Crippen LogP contribution in [-0.2, 0) is 11.8 Å². The summed E-state index contributed by atoms with van der Waals surface area (Å²) in [6.07, 6.45) is 1.94. The summed E-state index contributed by atoms with van der Waals surface area (Å²) in [5.74, 6) is 0.139. The zero-order valence-corrected chi connectivity index (χ0v) is 15.6. The summed E-state index contributed by atoms with van der Waals surface area (Å²) in [7, 11) is 1.86. The first-order valence-electron chi connectivity index (χ1n) is 9.06. The highest BCUT2D eigenvalue weighted by molar-refractivity contribution is 6.04. The molecule has 1 unspecified atom stereocenters. The van der Waals surface area contributed by atoms with Crippen molar-refractivity contribution in [2.75, 3.05) is 0 Å². The molecule has 1 aliphatic carbocycles. The number of rotatable bonds is 4. The number of carbonyl (C=O) groups is 1. The fourth-order valence-electron chi connectivity index (χ4n) is 3.43. The Morgan fingerprint density at radius 1 is 1.27 bits per heavy atom. The third kappa shape index (κ3) is 2.98. The van der Waals surface area contributed by atoms with Gasteiger partial charge in [0.25, 0.3) is 0 Å². The van der Waals surface area contributed by atoms with Crippen molar-refractivity contribution >= 4 is 17.0 Å². The van der Waals surface area contributed by atoms with E-state index in [9.17, 15) is 4.79 Å². The molecule has 3 aromatic rings. The molecule has 1 fully saturated rings. The number of fused-ring (bicyclic) bond motifs is 1. The van der Waals surface area contributed by atoms with Crippen LogP contribution in [0, 0.1) is 13.8 Å². The van der Waals surface area contributed by atoms with Gasteiger partial charge < -0.3 is 4.74 Å². The predicted molar refractivity (Wildman–Crippen MR) is 100 cm³/mol. The Hall–Kier alpha value is -2.69. The average molecular weight is 349 g/mol. The minimum Gasteiger partial charge on any atom is -0.454 e. The van der Waals surface area contributed by atoms with E-state index in [1.807, 2.05) is 58.2 Å². The van der Waals surface area contributed by atoms with Crippen molar-refractivity contribution in [1.29, 1.82) is 0 Å². The Bertz CT molecular complexity index is 1000. The lowest BCUT2D eigenvalue weighted by Crippen LogP contribution is -2.11. The van der Waals surface area contributed by atoms with Gasteiger partial charge >= 0.3 is 5.97 Å². The van der Waals surface area contributed by atoms with Gasteiger partial charge in [-0.15, -0.1) is 0 Å². The molecule has 26 heavy (non-hydrogen) atoms. The van der Waals surface area contributed by atoms with Crippen molar-refractivity contribution in [2.24, 2.45) is 7.05 Å². The topological polar surface area (TPSA) is 57.0 Å². The van der Waals surface area contributed by atoms with Gasteiger partial charge in [-0.05, 0) is 45.2 Å². The zero-order chi connectivity index (χ0) is 18.4. The van der Waals surface area contributed by atoms with Crippen LogP contribution in [0.2, 0.25) is 0 Å². The lowest BCUT2D eigenvalue weighted by atomic mass is 10.1. The Kier molecular flexibility index (Phi) is 4.02. The number of pyridine rings is 1. The van der Waals surface area contributed by atoms with Gasteiger partial charge in [-0.3, -0.25) is 4.68 Å². The Morgan fingerprint density at radius 2 is 2.04 bits per heavy atom. The first-order chi connectivity index (χ1) is 12.4. The molecule has 5 heteroatoms. The van der Waals surface area contributed by atoms with Crippen LogP contribution in [0.3, 0.4) is 0 Å². The third-order valence-corrected chi connectivity index (χ3v) is 5.00. The van der Waals surface area contributed by atoms with Crippen LogP contribution in [0.1, 0.15) is 64.7 Å². The Labute approximate surface area is 153 Å². The number of benzene rings is 1. The molecule has 1 saturated carbocycles. The van der Waals surface area contributed by atoms with E-state index in [4.69, 9.17) is 9.72 Å². The summed E-state index contributed by atoms with van der Waals surface area (Å²) in [4.78, 5) is 17.7. The van der Waals surface area contributed by atoms with Crippen molar-refractivity contribution in [3.8, 4) is 0 Å². The number of hydrogen-bond donors (Lipinski definition) is 0. The molecule has 0 radical (unpaired) electrons. The molecule has 0 amide bonds. The quantitative estimate of drug-likeness (QED) is 0.656. The average Bonchev–Trinajstić information content (AvgIpc) is 3.41. The van der Waals surface area contributed by atoms with Gasteiger partial charge in [-0.25, -0.2) is 9.78 Å². The standard InChI is InChI=1S/C21H23N3O2/c1-12-6-5-7-16(10-12)14(3)26-21(25)17-11-18(15-8-9-15)22-20-19(17)13(2)23-24(20)4/h5-7,10-11,14-15H,8-9H2,1-4H3. The fourth-order valence-corrected chi connectivity index (χ4v) is 3.43. The molecule has 0 N–H and O–H groups in total. The first-order valence-corrected chi connectivity index (χ1v) is 9.06. The van der Waals surface area contributed by atoms with Gasteiger partial charge in [-0.1, -0.05) is 29.8 Å². The summed E-state index contributed by atoms with van der Waals surface area (Å²) in [6.45, 7) is 5.84. The molecule has 2 aromatic heterocycles. The highest BCUT2D eigenvalue weighted by atomic mass is 16.5. The molecule has 0 spiro atoms. The number of aromatic nitrogens is 3. The molecule has 0 bridgehead atoms. The van der Waals surface area contributed by atoms with Crippen LogP contribution in [-0.4, -0.2) is 20.7 Å². The van der Waals surface area contributed by atoms with Crippen molar-refractivity contribution in [1.82, 2.24) is 14.8 Å². The van der Waals surface area contributed by atoms with Crippen molar-refractivity contribution < 1.29 is 9.53 Å². The van der Waals surface area contributed by atoms with Gasteiger partial charge in [0.1, 0.15) is 6.10 Å². The van der Waals surface area contributed by atoms with Crippen LogP contribution in [0.15, 0.2) is 30.3 Å². The molecule has 5 nitrogen and oxygen atoms in total. The smallest absolute Gasteiger partial charge is 0.339 e. The molecule has 4 rings (SSSR count). The second-order valence-corrected chi connectivity index (χ2v) is 7.24. The summed E-state index contributed by atoms with van der Waals surface area (Å²) >= 11 is 0. The van der Waals surface area contributed by atoms with Gasteiger partial charge in [0.2, 0.25) is 0 Å². The fraction of sp³-hybridized carbons (Fsp3) is 0.381. The van der Waals surface area contributed by atoms with Crippen LogP contribution in [0.25, 0.3) is 11.0 Å².